The molecular formula is C14H11ClIN3O. The van der Waals surface area contributed by atoms with Gasteiger partial charge in [-0.25, -0.2) is 4.98 Å². The second-order valence-corrected chi connectivity index (χ2v) is 5.96. The first-order valence-electron chi connectivity index (χ1n) is 5.93. The van der Waals surface area contributed by atoms with E-state index >= 15 is 0 Å². The molecule has 4 nitrogen and oxygen atoms in total. The number of fused-ring (bicyclic) bond motifs is 1. The number of anilines is 1. The molecule has 6 heteroatoms. The maximum absolute atomic E-state index is 9.55. The van der Waals surface area contributed by atoms with Crippen LogP contribution < -0.4 is 5.73 Å². The molecule has 0 radical (unpaired) electrons. The molecule has 0 aliphatic rings. The molecule has 0 aliphatic carbocycles. The second kappa shape index (κ2) is 5.23. The molecule has 102 valence electrons. The summed E-state index contributed by atoms with van der Waals surface area (Å²) < 4.78 is 2.91. The van der Waals surface area contributed by atoms with E-state index in [4.69, 9.17) is 17.3 Å². The van der Waals surface area contributed by atoms with Crippen molar-refractivity contribution in [3.63, 3.8) is 0 Å². The Morgan fingerprint density at radius 2 is 2.05 bits per heavy atom. The third-order valence-electron chi connectivity index (χ3n) is 3.04. The van der Waals surface area contributed by atoms with Crippen LogP contribution in [0.1, 0.15) is 5.82 Å². The topological polar surface area (TPSA) is 64.1 Å². The smallest absolute Gasteiger partial charge is 0.140 e. The minimum Gasteiger partial charge on any atom is -0.399 e. The SMILES string of the molecule is Nc1ccc2c(c1)nc(CO)n2-c1ccc(Cl)cc1I. The number of aliphatic hydroxyl groups is 1. The zero-order chi connectivity index (χ0) is 14.3. The molecular weight excluding hydrogens is 389 g/mol. The fraction of sp³-hybridized carbons (Fsp3) is 0.0714. The molecule has 0 amide bonds. The van der Waals surface area contributed by atoms with Gasteiger partial charge in [0, 0.05) is 14.3 Å². The summed E-state index contributed by atoms with van der Waals surface area (Å²) in [6.07, 6.45) is 0. The maximum atomic E-state index is 9.55. The molecule has 1 heterocycles. The Bertz CT molecular complexity index is 800. The summed E-state index contributed by atoms with van der Waals surface area (Å²) in [5.74, 6) is 0.575. The normalized spacial score (nSPS) is 11.2. The molecule has 0 spiro atoms. The standard InChI is InChI=1S/C14H11ClIN3O/c15-8-1-3-12(10(16)5-8)19-13-4-2-9(17)6-11(13)18-14(19)7-20/h1-6,20H,7,17H2. The van der Waals surface area contributed by atoms with E-state index in [-0.39, 0.29) is 6.61 Å². The van der Waals surface area contributed by atoms with Gasteiger partial charge in [0.05, 0.1) is 16.7 Å². The van der Waals surface area contributed by atoms with Crippen molar-refractivity contribution >= 4 is 50.9 Å². The van der Waals surface area contributed by atoms with Crippen molar-refractivity contribution in [2.24, 2.45) is 0 Å². The van der Waals surface area contributed by atoms with Crippen LogP contribution in [0.25, 0.3) is 16.7 Å². The van der Waals surface area contributed by atoms with Crippen LogP contribution >= 0.6 is 34.2 Å². The van der Waals surface area contributed by atoms with Gasteiger partial charge in [-0.05, 0) is 59.0 Å². The number of nitrogens with zero attached hydrogens (tertiary/aromatic N) is 2. The van der Waals surface area contributed by atoms with Crippen LogP contribution in [0, 0.1) is 3.57 Å². The number of aromatic nitrogens is 2. The number of hydrogen-bond donors (Lipinski definition) is 2. The molecule has 0 unspecified atom stereocenters. The molecule has 1 aromatic heterocycles. The second-order valence-electron chi connectivity index (χ2n) is 4.37. The highest BCUT2D eigenvalue weighted by Gasteiger charge is 2.14. The number of nitrogens with two attached hydrogens (primary N) is 1. The van der Waals surface area contributed by atoms with Crippen LogP contribution in [-0.2, 0) is 6.61 Å². The predicted octanol–water partition coefficient (Wildman–Crippen LogP) is 3.36. The first-order valence-corrected chi connectivity index (χ1v) is 7.39. The highest BCUT2D eigenvalue weighted by atomic mass is 127. The molecule has 2 aromatic carbocycles. The zero-order valence-electron chi connectivity index (χ0n) is 10.3. The van der Waals surface area contributed by atoms with Gasteiger partial charge >= 0.3 is 0 Å². The number of rotatable bonds is 2. The Morgan fingerprint density at radius 1 is 1.25 bits per heavy atom. The molecule has 0 fully saturated rings. The summed E-state index contributed by atoms with van der Waals surface area (Å²) in [6.45, 7) is -0.146. The minimum absolute atomic E-state index is 0.146. The number of halogens is 2. The molecule has 0 atom stereocenters. The van der Waals surface area contributed by atoms with E-state index in [9.17, 15) is 5.11 Å². The van der Waals surface area contributed by atoms with Crippen molar-refractivity contribution < 1.29 is 5.11 Å². The summed E-state index contributed by atoms with van der Waals surface area (Å²) in [6, 6.07) is 11.1. The Hall–Kier alpha value is -1.31. The molecule has 0 saturated heterocycles. The van der Waals surface area contributed by atoms with Gasteiger partial charge in [0.15, 0.2) is 0 Å². The van der Waals surface area contributed by atoms with Gasteiger partial charge in [-0.2, -0.15) is 0 Å². The van der Waals surface area contributed by atoms with E-state index in [1.54, 1.807) is 6.07 Å². The van der Waals surface area contributed by atoms with Gasteiger partial charge in [0.1, 0.15) is 12.4 Å². The number of nitrogen functional groups attached to an aromatic ring is 1. The Kier molecular flexibility index (Phi) is 3.57. The lowest BCUT2D eigenvalue weighted by Gasteiger charge is -2.10. The zero-order valence-corrected chi connectivity index (χ0v) is 13.3. The number of imidazole rings is 1. The molecule has 3 N–H and O–H groups in total. The van der Waals surface area contributed by atoms with E-state index in [2.05, 4.69) is 27.6 Å². The van der Waals surface area contributed by atoms with E-state index in [1.807, 2.05) is 34.9 Å². The van der Waals surface area contributed by atoms with Gasteiger partial charge < -0.3 is 10.8 Å². The van der Waals surface area contributed by atoms with Crippen molar-refractivity contribution in [2.45, 2.75) is 6.61 Å². The molecule has 0 saturated carbocycles. The molecule has 3 rings (SSSR count). The van der Waals surface area contributed by atoms with E-state index in [0.717, 1.165) is 20.3 Å². The average molecular weight is 400 g/mol. The lowest BCUT2D eigenvalue weighted by atomic mass is 10.2. The van der Waals surface area contributed by atoms with Gasteiger partial charge in [0.2, 0.25) is 0 Å². The minimum atomic E-state index is -0.146. The maximum Gasteiger partial charge on any atom is 0.140 e. The Morgan fingerprint density at radius 3 is 2.75 bits per heavy atom. The van der Waals surface area contributed by atoms with Crippen LogP contribution in [0.15, 0.2) is 36.4 Å². The van der Waals surface area contributed by atoms with Crippen LogP contribution in [0.4, 0.5) is 5.69 Å². The first kappa shape index (κ1) is 13.7. The Balaban J connectivity index is 2.34. The van der Waals surface area contributed by atoms with Gasteiger partial charge in [0.25, 0.3) is 0 Å². The summed E-state index contributed by atoms with van der Waals surface area (Å²) in [7, 11) is 0. The largest absolute Gasteiger partial charge is 0.399 e. The van der Waals surface area contributed by atoms with Crippen molar-refractivity contribution in [2.75, 3.05) is 5.73 Å². The van der Waals surface area contributed by atoms with Crippen LogP contribution in [0.5, 0.6) is 0 Å². The molecule has 3 aromatic rings. The highest BCUT2D eigenvalue weighted by molar-refractivity contribution is 14.1. The Labute approximate surface area is 134 Å². The van der Waals surface area contributed by atoms with Crippen LogP contribution in [0.3, 0.4) is 0 Å². The monoisotopic (exact) mass is 399 g/mol. The number of benzene rings is 2. The van der Waals surface area contributed by atoms with Gasteiger partial charge in [-0.1, -0.05) is 11.6 Å². The third-order valence-corrected chi connectivity index (χ3v) is 4.14. The average Bonchev–Trinajstić information content (AvgIpc) is 2.76. The predicted molar refractivity (Wildman–Crippen MR) is 89.1 cm³/mol. The lowest BCUT2D eigenvalue weighted by Crippen LogP contribution is -2.03. The van der Waals surface area contributed by atoms with Crippen molar-refractivity contribution in [1.29, 1.82) is 0 Å². The summed E-state index contributed by atoms with van der Waals surface area (Å²) in [4.78, 5) is 4.43. The van der Waals surface area contributed by atoms with Crippen molar-refractivity contribution in [1.82, 2.24) is 9.55 Å². The van der Waals surface area contributed by atoms with Gasteiger partial charge in [-0.3, -0.25) is 4.57 Å². The lowest BCUT2D eigenvalue weighted by molar-refractivity contribution is 0.270. The van der Waals surface area contributed by atoms with E-state index in [1.165, 1.54) is 0 Å². The van der Waals surface area contributed by atoms with E-state index in [0.29, 0.717) is 16.5 Å². The summed E-state index contributed by atoms with van der Waals surface area (Å²) >= 11 is 8.22. The van der Waals surface area contributed by atoms with Crippen LogP contribution in [-0.4, -0.2) is 14.7 Å². The van der Waals surface area contributed by atoms with Crippen molar-refractivity contribution in [3.05, 3.63) is 50.8 Å². The molecule has 20 heavy (non-hydrogen) atoms. The third kappa shape index (κ3) is 2.25. The number of hydrogen-bond acceptors (Lipinski definition) is 3. The highest BCUT2D eigenvalue weighted by Crippen LogP contribution is 2.28. The summed E-state index contributed by atoms with van der Waals surface area (Å²) in [5, 5.41) is 10.2. The van der Waals surface area contributed by atoms with E-state index < -0.39 is 0 Å². The number of aliphatic hydroxyl groups excluding tert-OH is 1. The molecule has 0 aliphatic heterocycles. The fourth-order valence-electron chi connectivity index (χ4n) is 2.18. The van der Waals surface area contributed by atoms with Crippen molar-refractivity contribution in [3.8, 4) is 5.69 Å². The van der Waals surface area contributed by atoms with Crippen LogP contribution in [0.2, 0.25) is 5.02 Å². The fourth-order valence-corrected chi connectivity index (χ4v) is 3.30. The molecule has 0 bridgehead atoms. The quantitative estimate of drug-likeness (QED) is 0.513. The first-order chi connectivity index (χ1) is 9.60. The van der Waals surface area contributed by atoms with Gasteiger partial charge in [-0.15, -0.1) is 0 Å². The summed E-state index contributed by atoms with van der Waals surface area (Å²) in [5.41, 5.74) is 9.04.